The van der Waals surface area contributed by atoms with Crippen LogP contribution in [0, 0.1) is 0 Å². The van der Waals surface area contributed by atoms with Crippen molar-refractivity contribution in [1.29, 1.82) is 0 Å². The first-order valence-electron chi connectivity index (χ1n) is 11.0. The summed E-state index contributed by atoms with van der Waals surface area (Å²) in [5.74, 6) is -0.413. The monoisotopic (exact) mass is 517 g/mol. The van der Waals surface area contributed by atoms with Crippen molar-refractivity contribution in [2.24, 2.45) is 12.1 Å². The summed E-state index contributed by atoms with van der Waals surface area (Å²) in [5, 5.41) is 9.02. The Balaban J connectivity index is 1.48. The highest BCUT2D eigenvalue weighted by Gasteiger charge is 2.34. The van der Waals surface area contributed by atoms with Gasteiger partial charge >= 0.3 is 12.2 Å². The minimum Gasteiger partial charge on any atom is -0.350 e. The van der Waals surface area contributed by atoms with E-state index in [-0.39, 0.29) is 18.3 Å². The smallest absolute Gasteiger partial charge is 0.350 e. The predicted octanol–water partition coefficient (Wildman–Crippen LogP) is 5.54. The Hall–Kier alpha value is -3.79. The Kier molecular flexibility index (Phi) is 7.07. The molecule has 1 unspecified atom stereocenters. The van der Waals surface area contributed by atoms with Gasteiger partial charge in [0.15, 0.2) is 0 Å². The van der Waals surface area contributed by atoms with Gasteiger partial charge in [-0.3, -0.25) is 4.79 Å². The molecule has 1 aliphatic heterocycles. The van der Waals surface area contributed by atoms with Crippen LogP contribution in [0.3, 0.4) is 0 Å². The fraction of sp³-hybridized carbons (Fsp3) is 0.240. The molecule has 0 fully saturated rings. The average Bonchev–Trinajstić information content (AvgIpc) is 3.45. The van der Waals surface area contributed by atoms with E-state index in [1.165, 1.54) is 12.1 Å². The zero-order valence-electron chi connectivity index (χ0n) is 19.5. The summed E-state index contributed by atoms with van der Waals surface area (Å²) in [5.41, 5.74) is 1.80. The molecule has 11 heteroatoms. The van der Waals surface area contributed by atoms with Crippen molar-refractivity contribution in [2.75, 3.05) is 18.9 Å². The molecule has 0 aliphatic carbocycles. The number of carbonyl (C=O) groups is 2. The van der Waals surface area contributed by atoms with Crippen molar-refractivity contribution < 1.29 is 22.8 Å². The van der Waals surface area contributed by atoms with E-state index in [1.807, 2.05) is 42.1 Å². The summed E-state index contributed by atoms with van der Waals surface area (Å²) in [6, 6.07) is 14.0. The molecule has 188 valence electrons. The van der Waals surface area contributed by atoms with Crippen molar-refractivity contribution >= 4 is 34.9 Å². The number of hydrogen-bond acceptors (Lipinski definition) is 3. The van der Waals surface area contributed by atoms with Crippen molar-refractivity contribution in [1.82, 2.24) is 14.5 Å². The number of carbonyl (C=O) groups excluding carboxylic acids is 2. The molecule has 3 aromatic rings. The van der Waals surface area contributed by atoms with Crippen LogP contribution in [0.5, 0.6) is 0 Å². The lowest BCUT2D eigenvalue weighted by Gasteiger charge is -2.25. The second kappa shape index (κ2) is 10.1. The fourth-order valence-electron chi connectivity index (χ4n) is 3.91. The number of hydrogen-bond donors (Lipinski definition) is 1. The van der Waals surface area contributed by atoms with Crippen LogP contribution >= 0.6 is 11.6 Å². The van der Waals surface area contributed by atoms with Crippen LogP contribution in [-0.4, -0.2) is 45.7 Å². The third-order valence-corrected chi connectivity index (χ3v) is 6.09. The molecule has 0 saturated heterocycles. The third-order valence-electron chi connectivity index (χ3n) is 5.84. The molecular weight excluding hydrogens is 495 g/mol. The van der Waals surface area contributed by atoms with Gasteiger partial charge in [-0.15, -0.1) is 0 Å². The van der Waals surface area contributed by atoms with Gasteiger partial charge in [0.25, 0.3) is 5.91 Å². The van der Waals surface area contributed by atoms with Crippen LogP contribution in [0.4, 0.5) is 23.7 Å². The highest BCUT2D eigenvalue weighted by atomic mass is 35.5. The van der Waals surface area contributed by atoms with E-state index in [0.717, 1.165) is 46.1 Å². The molecule has 0 saturated carbocycles. The number of nitrogens with zero attached hydrogens (tertiary/aromatic N) is 4. The highest BCUT2D eigenvalue weighted by molar-refractivity contribution is 6.30. The molecule has 1 N–H and O–H groups in total. The molecule has 1 aliphatic rings. The van der Waals surface area contributed by atoms with Gasteiger partial charge in [0.2, 0.25) is 0 Å². The Morgan fingerprint density at radius 1 is 1.11 bits per heavy atom. The zero-order valence-corrected chi connectivity index (χ0v) is 20.2. The zero-order chi connectivity index (χ0) is 26.0. The number of hydrazone groups is 1. The van der Waals surface area contributed by atoms with Crippen molar-refractivity contribution in [3.63, 3.8) is 0 Å². The van der Waals surface area contributed by atoms with E-state index in [9.17, 15) is 22.8 Å². The number of aromatic nitrogens is 1. The molecular formula is C25H23ClF3N5O2. The molecule has 7 nitrogen and oxygen atoms in total. The van der Waals surface area contributed by atoms with Gasteiger partial charge in [-0.1, -0.05) is 23.7 Å². The molecule has 2 aromatic carbocycles. The number of urea groups is 1. The maximum atomic E-state index is 13.3. The minimum atomic E-state index is -4.47. The van der Waals surface area contributed by atoms with E-state index in [2.05, 4.69) is 10.4 Å². The lowest BCUT2D eigenvalue weighted by molar-refractivity contribution is -0.137. The number of amides is 3. The summed E-state index contributed by atoms with van der Waals surface area (Å²) in [6.07, 6.45) is -2.10. The lowest BCUT2D eigenvalue weighted by Crippen LogP contribution is -2.41. The number of aryl methyl sites for hydroxylation is 1. The van der Waals surface area contributed by atoms with Crippen molar-refractivity contribution in [3.05, 3.63) is 88.7 Å². The molecule has 36 heavy (non-hydrogen) atoms. The minimum absolute atomic E-state index is 0.177. The van der Waals surface area contributed by atoms with Gasteiger partial charge < -0.3 is 14.8 Å². The first-order valence-corrected chi connectivity index (χ1v) is 11.4. The second-order valence-electron chi connectivity index (χ2n) is 8.42. The van der Waals surface area contributed by atoms with E-state index in [4.69, 9.17) is 11.6 Å². The molecule has 0 bridgehead atoms. The molecule has 1 aromatic heterocycles. The number of alkyl halides is 3. The van der Waals surface area contributed by atoms with Gasteiger partial charge in [0.05, 0.1) is 23.0 Å². The van der Waals surface area contributed by atoms with Gasteiger partial charge in [-0.25, -0.2) is 9.80 Å². The highest BCUT2D eigenvalue weighted by Crippen LogP contribution is 2.34. The molecule has 4 rings (SSSR count). The Bertz CT molecular complexity index is 1290. The van der Waals surface area contributed by atoms with Gasteiger partial charge in [-0.2, -0.15) is 18.3 Å². The van der Waals surface area contributed by atoms with Crippen molar-refractivity contribution in [3.8, 4) is 0 Å². The number of rotatable bonds is 5. The number of benzene rings is 2. The summed E-state index contributed by atoms with van der Waals surface area (Å²) in [7, 11) is 3.31. The van der Waals surface area contributed by atoms with Crippen LogP contribution in [0.25, 0.3) is 0 Å². The van der Waals surface area contributed by atoms with E-state index in [1.54, 1.807) is 12.1 Å². The maximum Gasteiger partial charge on any atom is 0.416 e. The van der Waals surface area contributed by atoms with Crippen LogP contribution in [0.15, 0.2) is 72.0 Å². The Labute approximate surface area is 210 Å². The van der Waals surface area contributed by atoms with Crippen LogP contribution < -0.4 is 5.32 Å². The Morgan fingerprint density at radius 3 is 2.36 bits per heavy atom. The van der Waals surface area contributed by atoms with E-state index >= 15 is 0 Å². The summed E-state index contributed by atoms with van der Waals surface area (Å²) in [4.78, 5) is 27.0. The quantitative estimate of drug-likeness (QED) is 0.483. The number of halogens is 4. The number of anilines is 1. The third kappa shape index (κ3) is 5.54. The second-order valence-corrected chi connectivity index (χ2v) is 8.86. The van der Waals surface area contributed by atoms with E-state index < -0.39 is 23.7 Å². The first-order chi connectivity index (χ1) is 17.0. The number of likely N-dealkylation sites (N-methyl/N-ethyl adjacent to an activating group) is 1. The molecule has 3 amide bonds. The van der Waals surface area contributed by atoms with Crippen LogP contribution in [-0.2, 0) is 18.0 Å². The molecule has 1 atom stereocenters. The average molecular weight is 518 g/mol. The summed E-state index contributed by atoms with van der Waals surface area (Å²) in [6.45, 7) is -0.291. The van der Waals surface area contributed by atoms with Crippen LogP contribution in [0.2, 0.25) is 5.02 Å². The van der Waals surface area contributed by atoms with Crippen molar-refractivity contribution in [2.45, 2.75) is 18.6 Å². The number of nitrogens with one attached hydrogen (secondary N) is 1. The first kappa shape index (κ1) is 25.3. The lowest BCUT2D eigenvalue weighted by atomic mass is 10.0. The normalized spacial score (nSPS) is 15.6. The predicted molar refractivity (Wildman–Crippen MR) is 131 cm³/mol. The van der Waals surface area contributed by atoms with E-state index in [0.29, 0.717) is 11.4 Å². The van der Waals surface area contributed by atoms with Gasteiger partial charge in [0, 0.05) is 37.4 Å². The largest absolute Gasteiger partial charge is 0.416 e. The molecule has 2 heterocycles. The van der Waals surface area contributed by atoms with Gasteiger partial charge in [0.1, 0.15) is 6.54 Å². The fourth-order valence-corrected chi connectivity index (χ4v) is 4.04. The molecule has 0 radical (unpaired) electrons. The van der Waals surface area contributed by atoms with Gasteiger partial charge in [-0.05, 0) is 54.1 Å². The summed E-state index contributed by atoms with van der Waals surface area (Å²) < 4.78 is 40.2. The standard InChI is InChI=1S/C25H23ClF3N5O2/c1-32-13-3-4-21(32)20-14-22(16-5-9-18(26)10-6-16)34(31-20)23(35)15-33(2)24(36)30-19-11-7-17(8-12-19)25(27,28)29/h3-13,22H,14-15H2,1-2H3,(H,30,36). The van der Waals surface area contributed by atoms with Crippen LogP contribution in [0.1, 0.15) is 29.3 Å². The SMILES string of the molecule is CN(CC(=O)N1N=C(c2cccn2C)CC1c1ccc(Cl)cc1)C(=O)Nc1ccc(C(F)(F)F)cc1. The molecule has 0 spiro atoms. The topological polar surface area (TPSA) is 69.9 Å². The summed E-state index contributed by atoms with van der Waals surface area (Å²) >= 11 is 6.03. The Morgan fingerprint density at radius 2 is 1.78 bits per heavy atom. The maximum absolute atomic E-state index is 13.3.